The van der Waals surface area contributed by atoms with Gasteiger partial charge in [-0.05, 0) is 24.5 Å². The molecule has 1 aliphatic heterocycles. The first-order chi connectivity index (χ1) is 3.83. The minimum atomic E-state index is 0.815. The van der Waals surface area contributed by atoms with Crippen molar-refractivity contribution in [3.8, 4) is 0 Å². The van der Waals surface area contributed by atoms with Crippen molar-refractivity contribution in [2.24, 2.45) is 0 Å². The van der Waals surface area contributed by atoms with Crippen LogP contribution in [-0.2, 0) is 0 Å². The summed E-state index contributed by atoms with van der Waals surface area (Å²) < 4.78 is 0.815. The molecule has 1 rings (SSSR count). The van der Waals surface area contributed by atoms with Gasteiger partial charge in [-0.15, -0.1) is 11.8 Å². The van der Waals surface area contributed by atoms with E-state index in [1.54, 1.807) is 0 Å². The minimum Gasteiger partial charge on any atom is -0.150 e. The maximum Gasteiger partial charge on any atom is 0.0578 e. The van der Waals surface area contributed by atoms with Crippen LogP contribution in [0.1, 0.15) is 13.3 Å². The average Bonchev–Trinajstić information content (AvgIpc) is 2.14. The third-order valence-corrected chi connectivity index (χ3v) is 3.76. The summed E-state index contributed by atoms with van der Waals surface area (Å²) in [5.74, 6) is 0. The van der Waals surface area contributed by atoms with E-state index in [2.05, 4.69) is 19.3 Å². The first-order valence-electron chi connectivity index (χ1n) is 2.69. The van der Waals surface area contributed by atoms with Crippen molar-refractivity contribution < 1.29 is 0 Å². The Kier molecular flexibility index (Phi) is 2.32. The Morgan fingerprint density at radius 3 is 2.88 bits per heavy atom. The van der Waals surface area contributed by atoms with Crippen molar-refractivity contribution in [3.63, 3.8) is 0 Å². The number of rotatable bonds is 1. The first kappa shape index (κ1) is 6.56. The highest BCUT2D eigenvalue weighted by atomic mass is 32.2. The van der Waals surface area contributed by atoms with Gasteiger partial charge in [-0.2, -0.15) is 11.8 Å². The second-order valence-corrected chi connectivity index (χ2v) is 4.62. The van der Waals surface area contributed by atoms with E-state index in [0.717, 1.165) is 4.58 Å². The van der Waals surface area contributed by atoms with E-state index in [1.165, 1.54) is 11.3 Å². The molecule has 0 aromatic carbocycles. The highest BCUT2D eigenvalue weighted by molar-refractivity contribution is 8.18. The summed E-state index contributed by atoms with van der Waals surface area (Å²) in [7, 11) is 0. The van der Waals surface area contributed by atoms with E-state index in [1.807, 2.05) is 23.5 Å². The predicted octanol–water partition coefficient (Wildman–Crippen LogP) is 2.72. The van der Waals surface area contributed by atoms with Crippen LogP contribution in [0.2, 0.25) is 0 Å². The van der Waals surface area contributed by atoms with Crippen molar-refractivity contribution in [1.29, 1.82) is 0 Å². The van der Waals surface area contributed by atoms with Crippen LogP contribution in [0, 0.1) is 0 Å². The van der Waals surface area contributed by atoms with Gasteiger partial charge in [0.15, 0.2) is 0 Å². The second kappa shape index (κ2) is 2.83. The van der Waals surface area contributed by atoms with Crippen LogP contribution in [-0.4, -0.2) is 10.8 Å². The molecule has 0 aromatic heterocycles. The van der Waals surface area contributed by atoms with E-state index in [-0.39, 0.29) is 0 Å². The molecule has 0 amide bonds. The van der Waals surface area contributed by atoms with Crippen molar-refractivity contribution in [3.05, 3.63) is 11.0 Å². The van der Waals surface area contributed by atoms with Crippen LogP contribution in [0.4, 0.5) is 0 Å². The van der Waals surface area contributed by atoms with Crippen molar-refractivity contribution in [2.45, 2.75) is 17.9 Å². The van der Waals surface area contributed by atoms with E-state index in [0.29, 0.717) is 0 Å². The van der Waals surface area contributed by atoms with Crippen LogP contribution >= 0.6 is 23.5 Å². The topological polar surface area (TPSA) is 0 Å². The smallest absolute Gasteiger partial charge is 0.0578 e. The highest BCUT2D eigenvalue weighted by Crippen LogP contribution is 2.37. The largest absolute Gasteiger partial charge is 0.150 e. The summed E-state index contributed by atoms with van der Waals surface area (Å²) in [6.07, 6.45) is 5.74. The number of hydrogen-bond acceptors (Lipinski definition) is 2. The maximum atomic E-state index is 2.31. The zero-order chi connectivity index (χ0) is 5.98. The zero-order valence-corrected chi connectivity index (χ0v) is 6.81. The Morgan fingerprint density at radius 2 is 2.62 bits per heavy atom. The van der Waals surface area contributed by atoms with Gasteiger partial charge in [0.25, 0.3) is 0 Å². The number of thioether (sulfide) groups is 2. The van der Waals surface area contributed by atoms with E-state index in [9.17, 15) is 0 Å². The molecule has 1 unspecified atom stereocenters. The van der Waals surface area contributed by atoms with Gasteiger partial charge in [-0.3, -0.25) is 0 Å². The van der Waals surface area contributed by atoms with Gasteiger partial charge in [0, 0.05) is 0 Å². The molecule has 0 aliphatic carbocycles. The molecule has 0 nitrogen and oxygen atoms in total. The van der Waals surface area contributed by atoms with Crippen molar-refractivity contribution in [1.82, 2.24) is 0 Å². The molecule has 0 aromatic rings. The average molecular weight is 146 g/mol. The Morgan fingerprint density at radius 1 is 1.88 bits per heavy atom. The van der Waals surface area contributed by atoms with Crippen LogP contribution < -0.4 is 0 Å². The fraction of sp³-hybridized carbons (Fsp3) is 0.667. The Bertz CT molecular complexity index is 107. The van der Waals surface area contributed by atoms with Crippen LogP contribution in [0.15, 0.2) is 11.0 Å². The molecule has 0 radical (unpaired) electrons. The molecule has 0 fully saturated rings. The molecule has 8 heavy (non-hydrogen) atoms. The Hall–Kier alpha value is 0.440. The van der Waals surface area contributed by atoms with E-state index >= 15 is 0 Å². The molecular weight excluding hydrogens is 136 g/mol. The van der Waals surface area contributed by atoms with E-state index < -0.39 is 0 Å². The lowest BCUT2D eigenvalue weighted by Crippen LogP contribution is -1.84. The molecule has 0 saturated carbocycles. The van der Waals surface area contributed by atoms with Crippen LogP contribution in [0.25, 0.3) is 0 Å². The summed E-state index contributed by atoms with van der Waals surface area (Å²) in [6, 6.07) is 0. The monoisotopic (exact) mass is 146 g/mol. The van der Waals surface area contributed by atoms with Gasteiger partial charge < -0.3 is 0 Å². The number of hydrogen-bond donors (Lipinski definition) is 0. The number of allylic oxidation sites excluding steroid dienone is 2. The molecule has 1 aliphatic rings. The van der Waals surface area contributed by atoms with Crippen molar-refractivity contribution >= 4 is 23.5 Å². The highest BCUT2D eigenvalue weighted by Gasteiger charge is 2.12. The third kappa shape index (κ3) is 1.46. The fourth-order valence-corrected chi connectivity index (χ4v) is 2.64. The molecule has 1 heterocycles. The molecule has 0 bridgehead atoms. The molecule has 1 atom stereocenters. The summed E-state index contributed by atoms with van der Waals surface area (Å²) in [6.45, 7) is 2.18. The predicted molar refractivity (Wildman–Crippen MR) is 43.3 cm³/mol. The summed E-state index contributed by atoms with van der Waals surface area (Å²) in [5, 5.41) is 0. The standard InChI is InChI=1S/C6H10S2/c1-5-3-4-6(7-2)8-5/h3,6H,4H2,1-2H3. The van der Waals surface area contributed by atoms with Gasteiger partial charge in [0.05, 0.1) is 4.58 Å². The molecule has 0 N–H and O–H groups in total. The molecule has 0 saturated heterocycles. The lowest BCUT2D eigenvalue weighted by molar-refractivity contribution is 1.21. The lowest BCUT2D eigenvalue weighted by atomic mass is 10.4. The SMILES string of the molecule is CSC1CC=C(C)S1. The summed E-state index contributed by atoms with van der Waals surface area (Å²) in [5.41, 5.74) is 0. The van der Waals surface area contributed by atoms with Crippen molar-refractivity contribution in [2.75, 3.05) is 6.26 Å². The van der Waals surface area contributed by atoms with E-state index in [4.69, 9.17) is 0 Å². The van der Waals surface area contributed by atoms with Crippen LogP contribution in [0.3, 0.4) is 0 Å². The molecule has 46 valence electrons. The fourth-order valence-electron chi connectivity index (χ4n) is 0.710. The second-order valence-electron chi connectivity index (χ2n) is 1.83. The third-order valence-electron chi connectivity index (χ3n) is 1.18. The minimum absolute atomic E-state index is 0.815. The van der Waals surface area contributed by atoms with Crippen LogP contribution in [0.5, 0.6) is 0 Å². The van der Waals surface area contributed by atoms with Gasteiger partial charge in [0.1, 0.15) is 0 Å². The Labute approximate surface area is 59.1 Å². The van der Waals surface area contributed by atoms with Gasteiger partial charge >= 0.3 is 0 Å². The zero-order valence-electron chi connectivity index (χ0n) is 5.18. The Balaban J connectivity index is 2.32. The normalized spacial score (nSPS) is 28.2. The molecule has 0 spiro atoms. The maximum absolute atomic E-state index is 2.31. The molecule has 2 heteroatoms. The summed E-state index contributed by atoms with van der Waals surface area (Å²) in [4.78, 5) is 1.49. The summed E-state index contributed by atoms with van der Waals surface area (Å²) >= 11 is 3.94. The quantitative estimate of drug-likeness (QED) is 0.558. The molecular formula is C6H10S2. The lowest BCUT2D eigenvalue weighted by Gasteiger charge is -2.01. The van der Waals surface area contributed by atoms with Gasteiger partial charge in [0.2, 0.25) is 0 Å². The van der Waals surface area contributed by atoms with Gasteiger partial charge in [-0.1, -0.05) is 6.08 Å². The first-order valence-corrected chi connectivity index (χ1v) is 4.86. The van der Waals surface area contributed by atoms with Gasteiger partial charge in [-0.25, -0.2) is 0 Å².